The molecule has 0 unspecified atom stereocenters. The maximum absolute atomic E-state index is 14.6. The lowest BCUT2D eigenvalue weighted by atomic mass is 9.40. The maximum atomic E-state index is 14.6. The van der Waals surface area contributed by atoms with E-state index in [0.717, 1.165) is 34.1 Å². The van der Waals surface area contributed by atoms with Crippen LogP contribution in [0, 0.1) is 16.7 Å². The first-order chi connectivity index (χ1) is 19.7. The lowest BCUT2D eigenvalue weighted by molar-refractivity contribution is -0.217. The summed E-state index contributed by atoms with van der Waals surface area (Å²) in [6.07, 6.45) is 1.57. The number of carbonyl (C=O) groups is 2. The van der Waals surface area contributed by atoms with Gasteiger partial charge in [0.05, 0.1) is 24.9 Å². The van der Waals surface area contributed by atoms with Gasteiger partial charge in [-0.25, -0.2) is 0 Å². The normalized spacial score (nSPS) is 31.1. The van der Waals surface area contributed by atoms with Crippen molar-refractivity contribution in [3.63, 3.8) is 0 Å². The lowest BCUT2D eigenvalue weighted by Crippen LogP contribution is -2.66. The molecule has 8 nitrogen and oxygen atoms in total. The third-order valence-corrected chi connectivity index (χ3v) is 10.3. The molecule has 3 atom stereocenters. The first-order valence-corrected chi connectivity index (χ1v) is 15.6. The number of hydrogen-bond acceptors (Lipinski definition) is 7. The average Bonchev–Trinajstić information content (AvgIpc) is 3.42. The van der Waals surface area contributed by atoms with Gasteiger partial charge in [0.25, 0.3) is 10.1 Å². The van der Waals surface area contributed by atoms with E-state index in [2.05, 4.69) is 0 Å². The number of ether oxygens (including phenoxy) is 2. The molecule has 1 saturated carbocycles. The Kier molecular flexibility index (Phi) is 5.86. The third kappa shape index (κ3) is 3.34. The second kappa shape index (κ2) is 9.06. The molecule has 3 aromatic rings. The molecule has 212 valence electrons. The van der Waals surface area contributed by atoms with Crippen LogP contribution in [0.3, 0.4) is 0 Å². The largest absolute Gasteiger partial charge is 0.351 e. The minimum atomic E-state index is -3.72. The molecule has 5 aliphatic rings. The van der Waals surface area contributed by atoms with Crippen LogP contribution in [0.15, 0.2) is 78.9 Å². The Morgan fingerprint density at radius 2 is 1.46 bits per heavy atom. The summed E-state index contributed by atoms with van der Waals surface area (Å²) in [5, 5.41) is 0. The van der Waals surface area contributed by atoms with Crippen molar-refractivity contribution in [3.8, 4) is 0 Å². The summed E-state index contributed by atoms with van der Waals surface area (Å²) < 4.78 is 42.2. The van der Waals surface area contributed by atoms with Gasteiger partial charge in [-0.2, -0.15) is 8.42 Å². The molecule has 3 aromatic carbocycles. The molecule has 2 fully saturated rings. The molecule has 0 N–H and O–H groups in total. The van der Waals surface area contributed by atoms with Crippen LogP contribution in [0.5, 0.6) is 0 Å². The van der Waals surface area contributed by atoms with Crippen LogP contribution in [0.25, 0.3) is 0 Å². The van der Waals surface area contributed by atoms with Gasteiger partial charge in [0.15, 0.2) is 0 Å². The second-order valence-electron chi connectivity index (χ2n) is 11.7. The number of likely N-dealkylation sites (tertiary alicyclic amines) is 1. The quantitative estimate of drug-likeness (QED) is 0.174. The summed E-state index contributed by atoms with van der Waals surface area (Å²) in [6, 6.07) is 25.5. The van der Waals surface area contributed by atoms with Gasteiger partial charge in [-0.15, -0.1) is 0 Å². The molecular weight excluding hydrogens is 542 g/mol. The Balaban J connectivity index is 1.43. The van der Waals surface area contributed by atoms with Crippen LogP contribution >= 0.6 is 0 Å². The number of imide groups is 1. The standard InChI is InChI=1S/C32H31NO7S/c1-33-28(34)30-16-22(19-40-41(2,36)37)17-31(30,29(33)35)32(39-20-38-18-21-10-4-3-5-11-21)25-14-8-6-12-23(25)27(30)24-13-7-9-15-26(24)32/h3-15,22,27H,16-20H2,1-2H3/t22-,27?,30+,31-,32?/m0/s1. The molecule has 2 bridgehead atoms. The zero-order valence-electron chi connectivity index (χ0n) is 22.9. The monoisotopic (exact) mass is 573 g/mol. The molecule has 0 spiro atoms. The summed E-state index contributed by atoms with van der Waals surface area (Å²) in [5.41, 5.74) is 0.792. The highest BCUT2D eigenvalue weighted by atomic mass is 32.2. The third-order valence-electron chi connectivity index (χ3n) is 9.71. The van der Waals surface area contributed by atoms with Gasteiger partial charge in [0.2, 0.25) is 11.8 Å². The van der Waals surface area contributed by atoms with Gasteiger partial charge < -0.3 is 9.47 Å². The fourth-order valence-electron chi connectivity index (χ4n) is 8.56. The van der Waals surface area contributed by atoms with Gasteiger partial charge in [-0.3, -0.25) is 18.7 Å². The molecular formula is C32H31NO7S. The number of nitrogens with zero attached hydrogens (tertiary/aromatic N) is 1. The number of benzene rings is 3. The summed E-state index contributed by atoms with van der Waals surface area (Å²) in [7, 11) is -2.17. The molecule has 9 heteroatoms. The van der Waals surface area contributed by atoms with Crippen molar-refractivity contribution in [2.75, 3.05) is 26.7 Å². The maximum Gasteiger partial charge on any atom is 0.264 e. The van der Waals surface area contributed by atoms with E-state index >= 15 is 0 Å². The Morgan fingerprint density at radius 1 is 0.854 bits per heavy atom. The first-order valence-electron chi connectivity index (χ1n) is 13.8. The van der Waals surface area contributed by atoms with Crippen LogP contribution in [-0.4, -0.2) is 51.8 Å². The van der Waals surface area contributed by atoms with Crippen molar-refractivity contribution in [2.45, 2.75) is 31.0 Å². The zero-order valence-corrected chi connectivity index (χ0v) is 23.7. The summed E-state index contributed by atoms with van der Waals surface area (Å²) in [5.74, 6) is -1.31. The van der Waals surface area contributed by atoms with Crippen molar-refractivity contribution in [3.05, 3.63) is 107 Å². The van der Waals surface area contributed by atoms with Gasteiger partial charge in [0.1, 0.15) is 17.8 Å². The van der Waals surface area contributed by atoms with E-state index in [0.29, 0.717) is 13.0 Å². The molecule has 0 aromatic heterocycles. The summed E-state index contributed by atoms with van der Waals surface area (Å²) in [6.45, 7) is 0.0982. The molecule has 1 saturated heterocycles. The highest BCUT2D eigenvalue weighted by molar-refractivity contribution is 7.85. The minimum absolute atomic E-state index is 0.105. The molecule has 4 aliphatic carbocycles. The Labute approximate surface area is 239 Å². The van der Waals surface area contributed by atoms with Gasteiger partial charge in [-0.05, 0) is 46.6 Å². The summed E-state index contributed by atoms with van der Waals surface area (Å²) >= 11 is 0. The number of rotatable bonds is 8. The van der Waals surface area contributed by atoms with Gasteiger partial charge >= 0.3 is 0 Å². The van der Waals surface area contributed by atoms with Crippen LogP contribution in [0.1, 0.15) is 46.6 Å². The molecule has 2 amide bonds. The van der Waals surface area contributed by atoms with E-state index in [1.807, 2.05) is 78.9 Å². The second-order valence-corrected chi connectivity index (χ2v) is 13.3. The SMILES string of the molecule is CN1C(=O)[C@]23C[C@H](COS(C)(=O)=O)C[C@@]2(C1=O)C1(OCOCc2ccccc2)c2ccccc2C3c2ccccc21. The molecule has 1 heterocycles. The van der Waals surface area contributed by atoms with Crippen molar-refractivity contribution in [1.82, 2.24) is 4.90 Å². The van der Waals surface area contributed by atoms with E-state index in [-0.39, 0.29) is 37.6 Å². The van der Waals surface area contributed by atoms with E-state index in [4.69, 9.17) is 13.7 Å². The van der Waals surface area contributed by atoms with Crippen molar-refractivity contribution in [2.24, 2.45) is 16.7 Å². The predicted molar refractivity (Wildman–Crippen MR) is 149 cm³/mol. The van der Waals surface area contributed by atoms with Crippen molar-refractivity contribution < 1.29 is 31.7 Å². The number of carbonyl (C=O) groups excluding carboxylic acids is 2. The minimum Gasteiger partial charge on any atom is -0.351 e. The topological polar surface area (TPSA) is 99.2 Å². The highest BCUT2D eigenvalue weighted by Gasteiger charge is 2.86. The molecule has 1 aliphatic heterocycles. The smallest absolute Gasteiger partial charge is 0.264 e. The highest BCUT2D eigenvalue weighted by Crippen LogP contribution is 2.81. The predicted octanol–water partition coefficient (Wildman–Crippen LogP) is 3.94. The lowest BCUT2D eigenvalue weighted by Gasteiger charge is -2.62. The summed E-state index contributed by atoms with van der Waals surface area (Å²) in [4.78, 5) is 30.3. The number of hydrogen-bond donors (Lipinski definition) is 0. The van der Waals surface area contributed by atoms with Gasteiger partial charge in [-0.1, -0.05) is 78.9 Å². The van der Waals surface area contributed by atoms with Crippen LogP contribution in [0.2, 0.25) is 0 Å². The van der Waals surface area contributed by atoms with Crippen molar-refractivity contribution >= 4 is 21.9 Å². The van der Waals surface area contributed by atoms with Gasteiger partial charge in [0, 0.05) is 13.0 Å². The van der Waals surface area contributed by atoms with Crippen LogP contribution in [-0.2, 0) is 45.6 Å². The molecule has 0 radical (unpaired) electrons. The number of amides is 2. The Bertz CT molecular complexity index is 1620. The fourth-order valence-corrected chi connectivity index (χ4v) is 9.00. The van der Waals surface area contributed by atoms with Crippen molar-refractivity contribution in [1.29, 1.82) is 0 Å². The first kappa shape index (κ1) is 26.5. The van der Waals surface area contributed by atoms with Crippen LogP contribution in [0.4, 0.5) is 0 Å². The van der Waals surface area contributed by atoms with E-state index in [9.17, 15) is 18.0 Å². The fraction of sp³-hybridized carbons (Fsp3) is 0.375. The van der Waals surface area contributed by atoms with E-state index in [1.165, 1.54) is 4.90 Å². The van der Waals surface area contributed by atoms with E-state index < -0.39 is 32.5 Å². The zero-order chi connectivity index (χ0) is 28.6. The molecule has 41 heavy (non-hydrogen) atoms. The van der Waals surface area contributed by atoms with Crippen LogP contribution < -0.4 is 0 Å². The molecule has 8 rings (SSSR count). The average molecular weight is 574 g/mol. The van der Waals surface area contributed by atoms with E-state index in [1.54, 1.807) is 7.05 Å². The Hall–Kier alpha value is -3.37. The Morgan fingerprint density at radius 3 is 2.10 bits per heavy atom.